The molecule has 0 radical (unpaired) electrons. The largest absolute Gasteiger partial charge is 0.480 e. The molecule has 1 aliphatic heterocycles. The Kier molecular flexibility index (Phi) is 3.87. The highest BCUT2D eigenvalue weighted by molar-refractivity contribution is 5.90. The number of amides is 2. The SMILES string of the molecule is CC(=O)NC(C)C(=O)N1CCC[C@H]1C(=O)O. The maximum absolute atomic E-state index is 11.8. The monoisotopic (exact) mass is 228 g/mol. The van der Waals surface area contributed by atoms with Crippen LogP contribution in [0.25, 0.3) is 0 Å². The van der Waals surface area contributed by atoms with E-state index >= 15 is 0 Å². The van der Waals surface area contributed by atoms with Crippen LogP contribution in [-0.4, -0.2) is 46.4 Å². The van der Waals surface area contributed by atoms with Crippen LogP contribution in [-0.2, 0) is 14.4 Å². The average Bonchev–Trinajstić information content (AvgIpc) is 2.63. The lowest BCUT2D eigenvalue weighted by atomic mass is 10.2. The van der Waals surface area contributed by atoms with Crippen LogP contribution in [0, 0.1) is 0 Å². The first-order valence-electron chi connectivity index (χ1n) is 5.24. The van der Waals surface area contributed by atoms with Gasteiger partial charge in [0.15, 0.2) is 0 Å². The number of carboxylic acid groups (broad SMARTS) is 1. The van der Waals surface area contributed by atoms with Crippen molar-refractivity contribution in [3.63, 3.8) is 0 Å². The molecule has 2 atom stereocenters. The Morgan fingerprint density at radius 2 is 2.06 bits per heavy atom. The normalized spacial score (nSPS) is 21.6. The van der Waals surface area contributed by atoms with Gasteiger partial charge in [-0.25, -0.2) is 4.79 Å². The van der Waals surface area contributed by atoms with Crippen LogP contribution in [0.4, 0.5) is 0 Å². The number of aliphatic carboxylic acids is 1. The molecule has 0 aromatic carbocycles. The number of likely N-dealkylation sites (tertiary alicyclic amines) is 1. The molecule has 1 fully saturated rings. The summed E-state index contributed by atoms with van der Waals surface area (Å²) < 4.78 is 0. The minimum Gasteiger partial charge on any atom is -0.480 e. The first-order valence-corrected chi connectivity index (χ1v) is 5.24. The lowest BCUT2D eigenvalue weighted by Crippen LogP contribution is -2.50. The molecule has 0 spiro atoms. The van der Waals surface area contributed by atoms with Crippen LogP contribution in [0.15, 0.2) is 0 Å². The van der Waals surface area contributed by atoms with Crippen molar-refractivity contribution in [2.24, 2.45) is 0 Å². The van der Waals surface area contributed by atoms with Gasteiger partial charge in [0.25, 0.3) is 0 Å². The second-order valence-corrected chi connectivity index (χ2v) is 3.95. The van der Waals surface area contributed by atoms with E-state index in [1.807, 2.05) is 0 Å². The van der Waals surface area contributed by atoms with Gasteiger partial charge in [0.05, 0.1) is 0 Å². The van der Waals surface area contributed by atoms with E-state index in [-0.39, 0.29) is 11.8 Å². The summed E-state index contributed by atoms with van der Waals surface area (Å²) in [6, 6.07) is -1.42. The van der Waals surface area contributed by atoms with Crippen molar-refractivity contribution >= 4 is 17.8 Å². The molecule has 0 bridgehead atoms. The van der Waals surface area contributed by atoms with Crippen molar-refractivity contribution in [1.82, 2.24) is 10.2 Å². The smallest absolute Gasteiger partial charge is 0.326 e. The Bertz CT molecular complexity index is 316. The van der Waals surface area contributed by atoms with E-state index in [0.717, 1.165) is 0 Å². The maximum Gasteiger partial charge on any atom is 0.326 e. The molecule has 1 aliphatic rings. The number of hydrogen-bond acceptors (Lipinski definition) is 3. The van der Waals surface area contributed by atoms with Crippen LogP contribution >= 0.6 is 0 Å². The lowest BCUT2D eigenvalue weighted by Gasteiger charge is -2.24. The van der Waals surface area contributed by atoms with Gasteiger partial charge in [-0.15, -0.1) is 0 Å². The van der Waals surface area contributed by atoms with Gasteiger partial charge in [-0.2, -0.15) is 0 Å². The molecule has 0 aromatic rings. The van der Waals surface area contributed by atoms with Crippen molar-refractivity contribution in [3.8, 4) is 0 Å². The standard InChI is InChI=1S/C10H16N2O4/c1-6(11-7(2)13)9(14)12-5-3-4-8(12)10(15)16/h6,8H,3-5H2,1-2H3,(H,11,13)(H,15,16)/t6?,8-/m0/s1. The molecular weight excluding hydrogens is 212 g/mol. The van der Waals surface area contributed by atoms with Gasteiger partial charge in [0.1, 0.15) is 12.1 Å². The second kappa shape index (κ2) is 4.96. The summed E-state index contributed by atoms with van der Waals surface area (Å²) in [6.45, 7) is 3.32. The molecule has 2 amide bonds. The number of nitrogens with zero attached hydrogens (tertiary/aromatic N) is 1. The molecule has 1 rings (SSSR count). The molecule has 2 N–H and O–H groups in total. The van der Waals surface area contributed by atoms with Crippen LogP contribution < -0.4 is 5.32 Å². The maximum atomic E-state index is 11.8. The molecule has 0 saturated carbocycles. The van der Waals surface area contributed by atoms with Crippen LogP contribution in [0.2, 0.25) is 0 Å². The molecule has 1 saturated heterocycles. The van der Waals surface area contributed by atoms with E-state index in [1.165, 1.54) is 11.8 Å². The summed E-state index contributed by atoms with van der Waals surface area (Å²) in [7, 11) is 0. The topological polar surface area (TPSA) is 86.7 Å². The summed E-state index contributed by atoms with van der Waals surface area (Å²) in [6.07, 6.45) is 1.17. The Hall–Kier alpha value is -1.59. The highest BCUT2D eigenvalue weighted by Gasteiger charge is 2.35. The Morgan fingerprint density at radius 1 is 1.44 bits per heavy atom. The number of rotatable bonds is 3. The van der Waals surface area contributed by atoms with E-state index in [4.69, 9.17) is 5.11 Å². The van der Waals surface area contributed by atoms with Gasteiger partial charge in [0.2, 0.25) is 11.8 Å². The van der Waals surface area contributed by atoms with Gasteiger partial charge in [-0.1, -0.05) is 0 Å². The summed E-state index contributed by atoms with van der Waals surface area (Å²) in [5.74, 6) is -1.62. The number of nitrogens with one attached hydrogen (secondary N) is 1. The van der Waals surface area contributed by atoms with Gasteiger partial charge in [-0.3, -0.25) is 9.59 Å². The van der Waals surface area contributed by atoms with E-state index in [2.05, 4.69) is 5.32 Å². The minimum absolute atomic E-state index is 0.299. The zero-order valence-corrected chi connectivity index (χ0v) is 9.40. The highest BCUT2D eigenvalue weighted by Crippen LogP contribution is 2.18. The predicted octanol–water partition coefficient (Wildman–Crippen LogP) is -0.413. The van der Waals surface area contributed by atoms with E-state index in [1.54, 1.807) is 6.92 Å². The molecule has 0 aromatic heterocycles. The molecule has 0 aliphatic carbocycles. The summed E-state index contributed by atoms with van der Waals surface area (Å²) in [5, 5.41) is 11.4. The molecular formula is C10H16N2O4. The van der Waals surface area contributed by atoms with Crippen molar-refractivity contribution in [1.29, 1.82) is 0 Å². The lowest BCUT2D eigenvalue weighted by molar-refractivity contribution is -0.149. The van der Waals surface area contributed by atoms with Crippen molar-refractivity contribution in [2.45, 2.75) is 38.8 Å². The zero-order valence-electron chi connectivity index (χ0n) is 9.40. The van der Waals surface area contributed by atoms with Gasteiger partial charge < -0.3 is 15.3 Å². The third-order valence-electron chi connectivity index (χ3n) is 2.61. The number of carbonyl (C=O) groups excluding carboxylic acids is 2. The number of carboxylic acids is 1. The molecule has 1 heterocycles. The third kappa shape index (κ3) is 2.71. The van der Waals surface area contributed by atoms with Crippen molar-refractivity contribution in [3.05, 3.63) is 0 Å². The van der Waals surface area contributed by atoms with Gasteiger partial charge in [-0.05, 0) is 19.8 Å². The van der Waals surface area contributed by atoms with Crippen LogP contribution in [0.1, 0.15) is 26.7 Å². The number of hydrogen-bond donors (Lipinski definition) is 2. The fourth-order valence-electron chi connectivity index (χ4n) is 1.90. The molecule has 6 heteroatoms. The minimum atomic E-state index is -0.985. The van der Waals surface area contributed by atoms with E-state index < -0.39 is 18.1 Å². The highest BCUT2D eigenvalue weighted by atomic mass is 16.4. The van der Waals surface area contributed by atoms with E-state index in [0.29, 0.717) is 19.4 Å². The van der Waals surface area contributed by atoms with E-state index in [9.17, 15) is 14.4 Å². The Morgan fingerprint density at radius 3 is 2.56 bits per heavy atom. The quantitative estimate of drug-likeness (QED) is 0.687. The Balaban J connectivity index is 2.65. The first kappa shape index (κ1) is 12.5. The molecule has 6 nitrogen and oxygen atoms in total. The van der Waals surface area contributed by atoms with Crippen LogP contribution in [0.5, 0.6) is 0 Å². The summed E-state index contributed by atoms with van der Waals surface area (Å²) in [5.41, 5.74) is 0. The van der Waals surface area contributed by atoms with Crippen molar-refractivity contribution in [2.75, 3.05) is 6.54 Å². The second-order valence-electron chi connectivity index (χ2n) is 3.95. The van der Waals surface area contributed by atoms with Gasteiger partial charge >= 0.3 is 5.97 Å². The van der Waals surface area contributed by atoms with Crippen LogP contribution in [0.3, 0.4) is 0 Å². The fourth-order valence-corrected chi connectivity index (χ4v) is 1.90. The van der Waals surface area contributed by atoms with Gasteiger partial charge in [0, 0.05) is 13.5 Å². The first-order chi connectivity index (χ1) is 7.43. The summed E-state index contributed by atoms with van der Waals surface area (Å²) >= 11 is 0. The average molecular weight is 228 g/mol. The third-order valence-corrected chi connectivity index (χ3v) is 2.61. The molecule has 90 valence electrons. The zero-order chi connectivity index (χ0) is 12.3. The fraction of sp³-hybridized carbons (Fsp3) is 0.700. The Labute approximate surface area is 93.6 Å². The molecule has 16 heavy (non-hydrogen) atoms. The predicted molar refractivity (Wildman–Crippen MR) is 55.6 cm³/mol. The molecule has 1 unspecified atom stereocenters. The van der Waals surface area contributed by atoms with Crippen molar-refractivity contribution < 1.29 is 19.5 Å². The number of carbonyl (C=O) groups is 3. The summed E-state index contributed by atoms with van der Waals surface area (Å²) in [4.78, 5) is 34.8.